The van der Waals surface area contributed by atoms with Crippen LogP contribution in [0.1, 0.15) is 22.1 Å². The summed E-state index contributed by atoms with van der Waals surface area (Å²) in [5.41, 5.74) is 0.738. The Morgan fingerprint density at radius 1 is 1.14 bits per heavy atom. The standard InChI is InChI=1S/C21H21FN4O3/c22-15-7-5-14(6-8-15)18(26-9-11-29-12-10-26)13-23-21(28)19-16-3-1-2-4-17(16)20(27)25-24-19/h1-8,18H,9-13H2,(H,23,28)(H,25,27)/t18-/m0/s1. The fourth-order valence-corrected chi connectivity index (χ4v) is 3.59. The zero-order valence-electron chi connectivity index (χ0n) is 15.7. The zero-order valence-corrected chi connectivity index (χ0v) is 15.7. The summed E-state index contributed by atoms with van der Waals surface area (Å²) in [4.78, 5) is 27.0. The maximum Gasteiger partial charge on any atom is 0.272 e. The van der Waals surface area contributed by atoms with E-state index in [9.17, 15) is 14.0 Å². The van der Waals surface area contributed by atoms with Gasteiger partial charge in [-0.15, -0.1) is 0 Å². The van der Waals surface area contributed by atoms with Gasteiger partial charge >= 0.3 is 0 Å². The number of nitrogens with zero attached hydrogens (tertiary/aromatic N) is 2. The topological polar surface area (TPSA) is 87.3 Å². The largest absolute Gasteiger partial charge is 0.379 e. The third kappa shape index (κ3) is 4.18. The number of amides is 1. The Morgan fingerprint density at radius 2 is 1.83 bits per heavy atom. The average Bonchev–Trinajstić information content (AvgIpc) is 2.76. The fourth-order valence-electron chi connectivity index (χ4n) is 3.59. The summed E-state index contributed by atoms with van der Waals surface area (Å²) in [6, 6.07) is 13.0. The van der Waals surface area contributed by atoms with Crippen LogP contribution in [0.15, 0.2) is 53.3 Å². The van der Waals surface area contributed by atoms with Gasteiger partial charge in [0.05, 0.1) is 24.6 Å². The van der Waals surface area contributed by atoms with E-state index in [1.54, 1.807) is 36.4 Å². The fraction of sp³-hybridized carbons (Fsp3) is 0.286. The molecule has 1 aromatic heterocycles. The number of H-pyrrole nitrogens is 1. The van der Waals surface area contributed by atoms with Crippen molar-refractivity contribution in [2.24, 2.45) is 0 Å². The quantitative estimate of drug-likeness (QED) is 0.688. The molecule has 3 aromatic rings. The maximum absolute atomic E-state index is 13.4. The second-order valence-electron chi connectivity index (χ2n) is 6.87. The van der Waals surface area contributed by atoms with Crippen molar-refractivity contribution in [3.05, 3.63) is 76.0 Å². The summed E-state index contributed by atoms with van der Waals surface area (Å²) in [5, 5.41) is 10.2. The highest BCUT2D eigenvalue weighted by atomic mass is 19.1. The van der Waals surface area contributed by atoms with E-state index in [-0.39, 0.29) is 29.0 Å². The molecule has 0 radical (unpaired) electrons. The second kappa shape index (κ2) is 8.50. The Balaban J connectivity index is 1.57. The van der Waals surface area contributed by atoms with Gasteiger partial charge in [-0.3, -0.25) is 14.5 Å². The Bertz CT molecular complexity index is 1060. The van der Waals surface area contributed by atoms with Crippen molar-refractivity contribution in [3.63, 3.8) is 0 Å². The summed E-state index contributed by atoms with van der Waals surface area (Å²) < 4.78 is 18.8. The van der Waals surface area contributed by atoms with Crippen LogP contribution >= 0.6 is 0 Å². The smallest absolute Gasteiger partial charge is 0.272 e. The normalized spacial score (nSPS) is 15.9. The molecule has 8 heteroatoms. The molecule has 1 fully saturated rings. The first kappa shape index (κ1) is 19.2. The molecule has 2 N–H and O–H groups in total. The minimum Gasteiger partial charge on any atom is -0.379 e. The van der Waals surface area contributed by atoms with E-state index in [2.05, 4.69) is 20.4 Å². The Morgan fingerprint density at radius 3 is 2.55 bits per heavy atom. The Kier molecular flexibility index (Phi) is 5.64. The molecule has 1 aliphatic heterocycles. The molecule has 2 heterocycles. The number of hydrogen-bond acceptors (Lipinski definition) is 5. The summed E-state index contributed by atoms with van der Waals surface area (Å²) in [5.74, 6) is -0.680. The van der Waals surface area contributed by atoms with Crippen LogP contribution in [0.3, 0.4) is 0 Å². The molecule has 0 spiro atoms. The SMILES string of the molecule is O=C(NC[C@@H](c1ccc(F)cc1)N1CCOCC1)c1n[nH]c(=O)c2ccccc12. The molecule has 4 rings (SSSR count). The summed E-state index contributed by atoms with van der Waals surface area (Å²) in [7, 11) is 0. The first-order valence-corrected chi connectivity index (χ1v) is 9.46. The van der Waals surface area contributed by atoms with Crippen molar-refractivity contribution in [2.75, 3.05) is 32.8 Å². The van der Waals surface area contributed by atoms with Crippen molar-refractivity contribution < 1.29 is 13.9 Å². The monoisotopic (exact) mass is 396 g/mol. The highest BCUT2D eigenvalue weighted by molar-refractivity contribution is 6.04. The van der Waals surface area contributed by atoms with E-state index < -0.39 is 0 Å². The number of benzene rings is 2. The van der Waals surface area contributed by atoms with Gasteiger partial charge in [0, 0.05) is 25.0 Å². The van der Waals surface area contributed by atoms with E-state index in [1.165, 1.54) is 12.1 Å². The predicted molar refractivity (Wildman–Crippen MR) is 106 cm³/mol. The van der Waals surface area contributed by atoms with Crippen LogP contribution < -0.4 is 10.9 Å². The van der Waals surface area contributed by atoms with Crippen molar-refractivity contribution in [3.8, 4) is 0 Å². The zero-order chi connectivity index (χ0) is 20.2. The molecule has 0 unspecified atom stereocenters. The molecule has 0 saturated carbocycles. The van der Waals surface area contributed by atoms with Crippen molar-refractivity contribution in [1.29, 1.82) is 0 Å². The first-order chi connectivity index (χ1) is 14.1. The van der Waals surface area contributed by atoms with Crippen LogP contribution in [0.2, 0.25) is 0 Å². The van der Waals surface area contributed by atoms with Crippen LogP contribution in [0, 0.1) is 5.82 Å². The minimum absolute atomic E-state index is 0.127. The lowest BCUT2D eigenvalue weighted by atomic mass is 10.0. The molecule has 1 saturated heterocycles. The summed E-state index contributed by atoms with van der Waals surface area (Å²) >= 11 is 0. The van der Waals surface area contributed by atoms with Gasteiger partial charge in [0.1, 0.15) is 5.82 Å². The summed E-state index contributed by atoms with van der Waals surface area (Å²) in [6.45, 7) is 2.98. The molecule has 7 nitrogen and oxygen atoms in total. The van der Waals surface area contributed by atoms with Gasteiger partial charge in [0.15, 0.2) is 5.69 Å². The molecule has 1 atom stereocenters. The molecule has 1 aliphatic rings. The van der Waals surface area contributed by atoms with Crippen molar-refractivity contribution >= 4 is 16.7 Å². The highest BCUT2D eigenvalue weighted by Gasteiger charge is 2.24. The van der Waals surface area contributed by atoms with Gasteiger partial charge in [-0.05, 0) is 23.8 Å². The molecule has 150 valence electrons. The van der Waals surface area contributed by atoms with Gasteiger partial charge < -0.3 is 10.1 Å². The van der Waals surface area contributed by atoms with Crippen LogP contribution in [0.25, 0.3) is 10.8 Å². The minimum atomic E-state index is -0.377. The van der Waals surface area contributed by atoms with Crippen LogP contribution in [0.4, 0.5) is 4.39 Å². The maximum atomic E-state index is 13.4. The second-order valence-corrected chi connectivity index (χ2v) is 6.87. The van der Waals surface area contributed by atoms with Crippen molar-refractivity contribution in [2.45, 2.75) is 6.04 Å². The van der Waals surface area contributed by atoms with E-state index in [0.717, 1.165) is 18.7 Å². The van der Waals surface area contributed by atoms with Gasteiger partial charge in [0.2, 0.25) is 0 Å². The van der Waals surface area contributed by atoms with E-state index >= 15 is 0 Å². The number of morpholine rings is 1. The number of carbonyl (C=O) groups excluding carboxylic acids is 1. The number of aromatic amines is 1. The van der Waals surface area contributed by atoms with Gasteiger partial charge in [-0.2, -0.15) is 5.10 Å². The average molecular weight is 396 g/mol. The predicted octanol–water partition coefficient (Wildman–Crippen LogP) is 1.87. The highest BCUT2D eigenvalue weighted by Crippen LogP contribution is 2.22. The number of fused-ring (bicyclic) bond motifs is 1. The third-order valence-corrected chi connectivity index (χ3v) is 5.11. The molecule has 1 amide bonds. The van der Waals surface area contributed by atoms with Gasteiger partial charge in [-0.1, -0.05) is 30.3 Å². The van der Waals surface area contributed by atoms with E-state index in [0.29, 0.717) is 30.5 Å². The molecule has 0 aliphatic carbocycles. The molecular formula is C21H21FN4O3. The Labute approximate surface area is 166 Å². The number of rotatable bonds is 5. The number of nitrogens with one attached hydrogen (secondary N) is 2. The number of carbonyl (C=O) groups is 1. The van der Waals surface area contributed by atoms with Crippen LogP contribution in [-0.2, 0) is 4.74 Å². The first-order valence-electron chi connectivity index (χ1n) is 9.46. The van der Waals surface area contributed by atoms with Crippen LogP contribution in [0.5, 0.6) is 0 Å². The van der Waals surface area contributed by atoms with Crippen molar-refractivity contribution in [1.82, 2.24) is 20.4 Å². The number of halogens is 1. The lowest BCUT2D eigenvalue weighted by Crippen LogP contribution is -2.44. The number of aromatic nitrogens is 2. The van der Waals surface area contributed by atoms with Crippen LogP contribution in [-0.4, -0.2) is 53.9 Å². The van der Waals surface area contributed by atoms with E-state index in [4.69, 9.17) is 4.74 Å². The Hall–Kier alpha value is -3.10. The lowest BCUT2D eigenvalue weighted by Gasteiger charge is -2.34. The molecule has 29 heavy (non-hydrogen) atoms. The van der Waals surface area contributed by atoms with Gasteiger partial charge in [-0.25, -0.2) is 9.49 Å². The van der Waals surface area contributed by atoms with Gasteiger partial charge in [0.25, 0.3) is 11.5 Å². The molecule has 2 aromatic carbocycles. The summed E-state index contributed by atoms with van der Waals surface area (Å²) in [6.07, 6.45) is 0. The molecular weight excluding hydrogens is 375 g/mol. The molecule has 0 bridgehead atoms. The lowest BCUT2D eigenvalue weighted by molar-refractivity contribution is 0.0162. The third-order valence-electron chi connectivity index (χ3n) is 5.11. The van der Waals surface area contributed by atoms with E-state index in [1.807, 2.05) is 0 Å². The number of ether oxygens (including phenoxy) is 1. The number of hydrogen-bond donors (Lipinski definition) is 2.